The number of aryl methyl sites for hydroxylation is 1. The zero-order valence-corrected chi connectivity index (χ0v) is 17.3. The Morgan fingerprint density at radius 2 is 1.84 bits per heavy atom. The number of rotatable bonds is 6. The van der Waals surface area contributed by atoms with E-state index >= 15 is 0 Å². The van der Waals surface area contributed by atoms with Gasteiger partial charge >= 0.3 is 5.97 Å². The van der Waals surface area contributed by atoms with Gasteiger partial charge in [0.15, 0.2) is 6.61 Å². The number of nitrogens with zero attached hydrogens (tertiary/aromatic N) is 2. The van der Waals surface area contributed by atoms with Gasteiger partial charge in [0.1, 0.15) is 17.1 Å². The van der Waals surface area contributed by atoms with Gasteiger partial charge < -0.3 is 13.9 Å². The molecule has 0 saturated heterocycles. The van der Waals surface area contributed by atoms with Gasteiger partial charge in [-0.1, -0.05) is 42.5 Å². The molecule has 1 aliphatic rings. The third kappa shape index (κ3) is 4.35. The lowest BCUT2D eigenvalue weighted by Gasteiger charge is -2.22. The maximum absolute atomic E-state index is 13.0. The SMILES string of the molecule is COc1ccc([C@@H]2CC(c3ccccc3)=NN2C(=O)COC(=O)c2ccoc2C)cc1. The first-order valence-corrected chi connectivity index (χ1v) is 9.87. The number of hydrazone groups is 1. The smallest absolute Gasteiger partial charge is 0.342 e. The molecule has 7 heteroatoms. The lowest BCUT2D eigenvalue weighted by molar-refractivity contribution is -0.136. The molecule has 1 aromatic heterocycles. The van der Waals surface area contributed by atoms with Gasteiger partial charge in [-0.3, -0.25) is 4.79 Å². The van der Waals surface area contributed by atoms with Crippen molar-refractivity contribution in [3.8, 4) is 5.75 Å². The van der Waals surface area contributed by atoms with Crippen molar-refractivity contribution in [2.24, 2.45) is 5.10 Å². The summed E-state index contributed by atoms with van der Waals surface area (Å²) in [4.78, 5) is 25.2. The van der Waals surface area contributed by atoms with E-state index in [-0.39, 0.29) is 6.04 Å². The first kappa shape index (κ1) is 20.4. The van der Waals surface area contributed by atoms with Gasteiger partial charge in [0, 0.05) is 6.42 Å². The van der Waals surface area contributed by atoms with Crippen molar-refractivity contribution in [3.05, 3.63) is 89.4 Å². The summed E-state index contributed by atoms with van der Waals surface area (Å²) < 4.78 is 15.6. The minimum Gasteiger partial charge on any atom is -0.497 e. The van der Waals surface area contributed by atoms with E-state index in [2.05, 4.69) is 5.10 Å². The number of carbonyl (C=O) groups excluding carboxylic acids is 2. The van der Waals surface area contributed by atoms with E-state index in [0.717, 1.165) is 22.6 Å². The van der Waals surface area contributed by atoms with E-state index in [1.807, 2.05) is 54.6 Å². The second-order valence-corrected chi connectivity index (χ2v) is 7.11. The summed E-state index contributed by atoms with van der Waals surface area (Å²) in [5.41, 5.74) is 2.96. The van der Waals surface area contributed by atoms with E-state index in [9.17, 15) is 9.59 Å². The highest BCUT2D eigenvalue weighted by atomic mass is 16.5. The molecule has 0 bridgehead atoms. The molecule has 0 fully saturated rings. The van der Waals surface area contributed by atoms with Gasteiger partial charge in [0.25, 0.3) is 5.91 Å². The minimum atomic E-state index is -0.605. The molecule has 0 unspecified atom stereocenters. The van der Waals surface area contributed by atoms with Crippen molar-refractivity contribution in [2.45, 2.75) is 19.4 Å². The summed E-state index contributed by atoms with van der Waals surface area (Å²) in [6.07, 6.45) is 1.96. The molecule has 3 aromatic rings. The van der Waals surface area contributed by atoms with Crippen molar-refractivity contribution in [2.75, 3.05) is 13.7 Å². The highest BCUT2D eigenvalue weighted by Gasteiger charge is 2.33. The molecular formula is C24H22N2O5. The molecule has 7 nitrogen and oxygen atoms in total. The summed E-state index contributed by atoms with van der Waals surface area (Å²) in [6.45, 7) is 1.25. The summed E-state index contributed by atoms with van der Waals surface area (Å²) in [5.74, 6) is 0.167. The van der Waals surface area contributed by atoms with Crippen LogP contribution in [0.5, 0.6) is 5.75 Å². The minimum absolute atomic E-state index is 0.300. The van der Waals surface area contributed by atoms with Gasteiger partial charge in [-0.15, -0.1) is 0 Å². The fraction of sp³-hybridized carbons (Fsp3) is 0.208. The predicted molar refractivity (Wildman–Crippen MR) is 114 cm³/mol. The molecule has 1 aliphatic heterocycles. The fourth-order valence-corrected chi connectivity index (χ4v) is 3.50. The molecule has 2 heterocycles. The number of esters is 1. The van der Waals surface area contributed by atoms with E-state index < -0.39 is 18.5 Å². The van der Waals surface area contributed by atoms with Crippen LogP contribution in [0.3, 0.4) is 0 Å². The second-order valence-electron chi connectivity index (χ2n) is 7.11. The number of amides is 1. The van der Waals surface area contributed by atoms with Crippen LogP contribution >= 0.6 is 0 Å². The number of furan rings is 1. The average molecular weight is 418 g/mol. The number of methoxy groups -OCH3 is 1. The number of benzene rings is 2. The van der Waals surface area contributed by atoms with Gasteiger partial charge in [-0.05, 0) is 36.2 Å². The molecule has 2 aromatic carbocycles. The molecule has 1 amide bonds. The Morgan fingerprint density at radius 1 is 1.10 bits per heavy atom. The number of hydrogen-bond acceptors (Lipinski definition) is 6. The Kier molecular flexibility index (Phi) is 5.84. The van der Waals surface area contributed by atoms with Crippen LogP contribution in [0, 0.1) is 6.92 Å². The molecule has 0 N–H and O–H groups in total. The van der Waals surface area contributed by atoms with Crippen LogP contribution in [0.4, 0.5) is 0 Å². The zero-order valence-electron chi connectivity index (χ0n) is 17.3. The largest absolute Gasteiger partial charge is 0.497 e. The van der Waals surface area contributed by atoms with E-state index in [1.54, 1.807) is 14.0 Å². The summed E-state index contributed by atoms with van der Waals surface area (Å²) >= 11 is 0. The first-order chi connectivity index (χ1) is 15.1. The van der Waals surface area contributed by atoms with Gasteiger partial charge in [0.2, 0.25) is 0 Å². The quantitative estimate of drug-likeness (QED) is 0.562. The molecule has 0 spiro atoms. The highest BCUT2D eigenvalue weighted by molar-refractivity contribution is 6.03. The molecular weight excluding hydrogens is 396 g/mol. The number of hydrogen-bond donors (Lipinski definition) is 0. The van der Waals surface area contributed by atoms with E-state index in [4.69, 9.17) is 13.9 Å². The van der Waals surface area contributed by atoms with Crippen molar-refractivity contribution in [1.82, 2.24) is 5.01 Å². The van der Waals surface area contributed by atoms with Gasteiger partial charge in [-0.25, -0.2) is 9.80 Å². The molecule has 0 aliphatic carbocycles. The average Bonchev–Trinajstić information content (AvgIpc) is 3.45. The van der Waals surface area contributed by atoms with Crippen molar-refractivity contribution in [1.29, 1.82) is 0 Å². The Morgan fingerprint density at radius 3 is 2.48 bits per heavy atom. The van der Waals surface area contributed by atoms with Crippen molar-refractivity contribution < 1.29 is 23.5 Å². The van der Waals surface area contributed by atoms with Crippen LogP contribution in [0.1, 0.15) is 39.7 Å². The number of carbonyl (C=O) groups is 2. The van der Waals surface area contributed by atoms with Crippen LogP contribution in [0.15, 0.2) is 76.4 Å². The maximum Gasteiger partial charge on any atom is 0.342 e. The Hall–Kier alpha value is -3.87. The third-order valence-electron chi connectivity index (χ3n) is 5.18. The van der Waals surface area contributed by atoms with Gasteiger partial charge in [-0.2, -0.15) is 5.10 Å². The van der Waals surface area contributed by atoms with Crippen molar-refractivity contribution in [3.63, 3.8) is 0 Å². The monoisotopic (exact) mass is 418 g/mol. The normalized spacial score (nSPS) is 15.5. The first-order valence-electron chi connectivity index (χ1n) is 9.87. The van der Waals surface area contributed by atoms with Crippen LogP contribution < -0.4 is 4.74 Å². The Balaban J connectivity index is 1.55. The van der Waals surface area contributed by atoms with E-state index in [1.165, 1.54) is 17.3 Å². The van der Waals surface area contributed by atoms with E-state index in [0.29, 0.717) is 17.7 Å². The molecule has 0 saturated carbocycles. The molecule has 1 atom stereocenters. The fourth-order valence-electron chi connectivity index (χ4n) is 3.50. The van der Waals surface area contributed by atoms with Gasteiger partial charge in [0.05, 0.1) is 25.1 Å². The predicted octanol–water partition coefficient (Wildman–Crippen LogP) is 4.13. The zero-order chi connectivity index (χ0) is 21.8. The Labute approximate surface area is 179 Å². The number of ether oxygens (including phenoxy) is 2. The van der Waals surface area contributed by atoms with Crippen molar-refractivity contribution >= 4 is 17.6 Å². The maximum atomic E-state index is 13.0. The molecule has 0 radical (unpaired) electrons. The summed E-state index contributed by atoms with van der Waals surface area (Å²) in [6, 6.07) is 18.4. The van der Waals surface area contributed by atoms with Crippen LogP contribution in [0.2, 0.25) is 0 Å². The third-order valence-corrected chi connectivity index (χ3v) is 5.18. The highest BCUT2D eigenvalue weighted by Crippen LogP contribution is 2.33. The summed E-state index contributed by atoms with van der Waals surface area (Å²) in [5, 5.41) is 5.98. The topological polar surface area (TPSA) is 81.3 Å². The lowest BCUT2D eigenvalue weighted by atomic mass is 9.98. The van der Waals surface area contributed by atoms with Crippen LogP contribution in [-0.4, -0.2) is 36.3 Å². The second kappa shape index (κ2) is 8.87. The molecule has 158 valence electrons. The summed E-state index contributed by atoms with van der Waals surface area (Å²) in [7, 11) is 1.60. The lowest BCUT2D eigenvalue weighted by Crippen LogP contribution is -2.31. The molecule has 31 heavy (non-hydrogen) atoms. The van der Waals surface area contributed by atoms with Crippen LogP contribution in [-0.2, 0) is 9.53 Å². The molecule has 4 rings (SSSR count). The van der Waals surface area contributed by atoms with Crippen LogP contribution in [0.25, 0.3) is 0 Å². The Bertz CT molecular complexity index is 1100. The standard InChI is InChI=1S/C24H22N2O5/c1-16-20(12-13-30-16)24(28)31-15-23(27)26-22(18-8-10-19(29-2)11-9-18)14-21(25-26)17-6-4-3-5-7-17/h3-13,22H,14-15H2,1-2H3/t22-/m0/s1.